The number of nitriles is 1. The topological polar surface area (TPSA) is 65.7 Å². The molecule has 0 saturated carbocycles. The van der Waals surface area contributed by atoms with Crippen molar-refractivity contribution in [3.05, 3.63) is 0 Å². The number of carbonyl (C=O) groups excluding carboxylic acids is 1. The van der Waals surface area contributed by atoms with E-state index in [0.29, 0.717) is 12.4 Å². The number of nitrogens with zero attached hydrogens (tertiary/aromatic N) is 3. The third-order valence-electron chi connectivity index (χ3n) is 2.25. The quantitative estimate of drug-likeness (QED) is 0.512. The second-order valence-electron chi connectivity index (χ2n) is 3.31. The minimum atomic E-state index is -0.259. The molecule has 0 atom stereocenters. The lowest BCUT2D eigenvalue weighted by molar-refractivity contribution is -0.143. The normalized spacial score (nSPS) is 18.7. The summed E-state index contributed by atoms with van der Waals surface area (Å²) in [7, 11) is 0. The Hall–Kier alpha value is -1.57. The van der Waals surface area contributed by atoms with Crippen LogP contribution in [0.4, 0.5) is 0 Å². The Kier molecular flexibility index (Phi) is 4.61. The van der Waals surface area contributed by atoms with E-state index in [-0.39, 0.29) is 12.5 Å². The lowest BCUT2D eigenvalue weighted by atomic mass is 10.1. The van der Waals surface area contributed by atoms with Crippen molar-refractivity contribution >= 4 is 11.8 Å². The first kappa shape index (κ1) is 11.5. The number of aliphatic imine (C=N–C) groups is 1. The maximum atomic E-state index is 11.3. The molecule has 0 N–H and O–H groups in total. The summed E-state index contributed by atoms with van der Waals surface area (Å²) < 4.78 is 4.85. The smallest absolute Gasteiger partial charge is 0.325 e. The molecule has 5 nitrogen and oxygen atoms in total. The van der Waals surface area contributed by atoms with Crippen LogP contribution in [-0.4, -0.2) is 36.4 Å². The van der Waals surface area contributed by atoms with Gasteiger partial charge in [-0.3, -0.25) is 4.79 Å². The number of amidine groups is 1. The highest BCUT2D eigenvalue weighted by Gasteiger charge is 2.19. The number of hydrogen-bond acceptors (Lipinski definition) is 4. The van der Waals surface area contributed by atoms with Gasteiger partial charge in [0, 0.05) is 13.0 Å². The van der Waals surface area contributed by atoms with Crippen molar-refractivity contribution in [1.82, 2.24) is 4.90 Å². The fourth-order valence-electron chi connectivity index (χ4n) is 1.59. The maximum Gasteiger partial charge on any atom is 0.325 e. The van der Waals surface area contributed by atoms with Gasteiger partial charge in [-0.2, -0.15) is 10.3 Å². The number of rotatable bonds is 3. The number of esters is 1. The van der Waals surface area contributed by atoms with E-state index >= 15 is 0 Å². The molecule has 0 bridgehead atoms. The van der Waals surface area contributed by atoms with Gasteiger partial charge in [-0.05, 0) is 19.8 Å². The first-order valence-corrected chi connectivity index (χ1v) is 5.14. The van der Waals surface area contributed by atoms with Crippen LogP contribution >= 0.6 is 0 Å². The highest BCUT2D eigenvalue weighted by Crippen LogP contribution is 2.11. The average molecular weight is 209 g/mol. The summed E-state index contributed by atoms with van der Waals surface area (Å²) in [5.41, 5.74) is 0. The second kappa shape index (κ2) is 6.02. The van der Waals surface area contributed by atoms with Crippen molar-refractivity contribution in [3.63, 3.8) is 0 Å². The van der Waals surface area contributed by atoms with Crippen LogP contribution in [-0.2, 0) is 9.53 Å². The number of carbonyl (C=O) groups is 1. The molecule has 5 heteroatoms. The van der Waals surface area contributed by atoms with Gasteiger partial charge in [0.25, 0.3) is 0 Å². The van der Waals surface area contributed by atoms with E-state index in [1.807, 2.05) is 4.90 Å². The first-order chi connectivity index (χ1) is 7.27. The standard InChI is InChI=1S/C10H15N3O2/c1-2-15-10(14)7-13-6-4-3-5-9(13)12-8-11/h2-7H2,1H3/b12-9-. The zero-order valence-corrected chi connectivity index (χ0v) is 8.90. The highest BCUT2D eigenvalue weighted by molar-refractivity contribution is 5.87. The molecule has 15 heavy (non-hydrogen) atoms. The SMILES string of the molecule is CCOC(=O)CN1CCCC/C1=N/C#N. The van der Waals surface area contributed by atoms with Gasteiger partial charge in [0.05, 0.1) is 6.61 Å². The Morgan fingerprint density at radius 2 is 2.47 bits per heavy atom. The van der Waals surface area contributed by atoms with Crippen LogP contribution in [0.2, 0.25) is 0 Å². The number of ether oxygens (including phenoxy) is 1. The largest absolute Gasteiger partial charge is 0.465 e. The van der Waals surface area contributed by atoms with Crippen molar-refractivity contribution in [2.24, 2.45) is 4.99 Å². The monoisotopic (exact) mass is 209 g/mol. The van der Waals surface area contributed by atoms with E-state index in [2.05, 4.69) is 4.99 Å². The molecule has 1 heterocycles. The van der Waals surface area contributed by atoms with Gasteiger partial charge >= 0.3 is 5.97 Å². The summed E-state index contributed by atoms with van der Waals surface area (Å²) in [4.78, 5) is 16.8. The fourth-order valence-corrected chi connectivity index (χ4v) is 1.59. The van der Waals surface area contributed by atoms with E-state index in [9.17, 15) is 4.79 Å². The Balaban J connectivity index is 2.54. The minimum Gasteiger partial charge on any atom is -0.465 e. The van der Waals surface area contributed by atoms with Crippen molar-refractivity contribution in [2.75, 3.05) is 19.7 Å². The third-order valence-corrected chi connectivity index (χ3v) is 2.25. The summed E-state index contributed by atoms with van der Waals surface area (Å²) in [5, 5.41) is 8.49. The molecule has 1 fully saturated rings. The molecular formula is C10H15N3O2. The van der Waals surface area contributed by atoms with Crippen LogP contribution in [0.25, 0.3) is 0 Å². The summed E-state index contributed by atoms with van der Waals surface area (Å²) >= 11 is 0. The van der Waals surface area contributed by atoms with E-state index in [0.717, 1.165) is 25.8 Å². The van der Waals surface area contributed by atoms with Crippen molar-refractivity contribution < 1.29 is 9.53 Å². The third kappa shape index (κ3) is 3.58. The first-order valence-electron chi connectivity index (χ1n) is 5.14. The average Bonchev–Trinajstić information content (AvgIpc) is 2.21. The maximum absolute atomic E-state index is 11.3. The molecule has 0 aromatic heterocycles. The van der Waals surface area contributed by atoms with Crippen LogP contribution in [0.1, 0.15) is 26.2 Å². The van der Waals surface area contributed by atoms with E-state index in [1.54, 1.807) is 13.1 Å². The summed E-state index contributed by atoms with van der Waals surface area (Å²) in [6.45, 7) is 3.14. The van der Waals surface area contributed by atoms with Crippen LogP contribution in [0.15, 0.2) is 4.99 Å². The summed E-state index contributed by atoms with van der Waals surface area (Å²) in [6.07, 6.45) is 4.60. The van der Waals surface area contributed by atoms with Gasteiger partial charge in [0.2, 0.25) is 6.19 Å². The van der Waals surface area contributed by atoms with Crippen LogP contribution < -0.4 is 0 Å². The molecule has 0 aliphatic carbocycles. The number of hydrogen-bond donors (Lipinski definition) is 0. The van der Waals surface area contributed by atoms with Gasteiger partial charge in [0.15, 0.2) is 0 Å². The van der Waals surface area contributed by atoms with Gasteiger partial charge in [0.1, 0.15) is 12.4 Å². The van der Waals surface area contributed by atoms with E-state index < -0.39 is 0 Å². The number of piperidine rings is 1. The fraction of sp³-hybridized carbons (Fsp3) is 0.700. The van der Waals surface area contributed by atoms with Gasteiger partial charge < -0.3 is 9.64 Å². The summed E-state index contributed by atoms with van der Waals surface area (Å²) in [6, 6.07) is 0. The predicted molar refractivity (Wildman–Crippen MR) is 55.1 cm³/mol. The van der Waals surface area contributed by atoms with Crippen molar-refractivity contribution in [1.29, 1.82) is 5.26 Å². The van der Waals surface area contributed by atoms with Gasteiger partial charge in [-0.25, -0.2) is 0 Å². The molecule has 0 spiro atoms. The van der Waals surface area contributed by atoms with Crippen molar-refractivity contribution in [3.8, 4) is 6.19 Å². The zero-order valence-electron chi connectivity index (χ0n) is 8.90. The molecule has 0 unspecified atom stereocenters. The Bertz CT molecular complexity index is 294. The van der Waals surface area contributed by atoms with Gasteiger partial charge in [-0.15, -0.1) is 0 Å². The minimum absolute atomic E-state index is 0.203. The van der Waals surface area contributed by atoms with Gasteiger partial charge in [-0.1, -0.05) is 0 Å². The lowest BCUT2D eigenvalue weighted by Crippen LogP contribution is -2.39. The molecule has 0 amide bonds. The Morgan fingerprint density at radius 1 is 1.67 bits per heavy atom. The molecular weight excluding hydrogens is 194 g/mol. The lowest BCUT2D eigenvalue weighted by Gasteiger charge is -2.28. The van der Waals surface area contributed by atoms with Crippen molar-refractivity contribution in [2.45, 2.75) is 26.2 Å². The van der Waals surface area contributed by atoms with E-state index in [1.165, 1.54) is 0 Å². The number of likely N-dealkylation sites (tertiary alicyclic amines) is 1. The zero-order chi connectivity index (χ0) is 11.1. The molecule has 1 rings (SSSR count). The van der Waals surface area contributed by atoms with Crippen LogP contribution in [0.3, 0.4) is 0 Å². The second-order valence-corrected chi connectivity index (χ2v) is 3.31. The predicted octanol–water partition coefficient (Wildman–Crippen LogP) is 0.915. The molecule has 1 aliphatic heterocycles. The highest BCUT2D eigenvalue weighted by atomic mass is 16.5. The molecule has 82 valence electrons. The molecule has 0 radical (unpaired) electrons. The molecule has 0 aromatic rings. The van der Waals surface area contributed by atoms with Crippen LogP contribution in [0.5, 0.6) is 0 Å². The molecule has 0 aromatic carbocycles. The summed E-state index contributed by atoms with van der Waals surface area (Å²) in [5.74, 6) is 0.446. The molecule has 1 saturated heterocycles. The molecule has 1 aliphatic rings. The Labute approximate surface area is 89.3 Å². The van der Waals surface area contributed by atoms with E-state index in [4.69, 9.17) is 10.00 Å². The van der Waals surface area contributed by atoms with Crippen LogP contribution in [0, 0.1) is 11.5 Å². The Morgan fingerprint density at radius 3 is 3.13 bits per heavy atom.